The molecule has 152 valence electrons. The maximum absolute atomic E-state index is 12.1. The van der Waals surface area contributed by atoms with Gasteiger partial charge in [-0.3, -0.25) is 0 Å². The maximum Gasteiger partial charge on any atom is 0.338 e. The van der Waals surface area contributed by atoms with E-state index < -0.39 is 0 Å². The van der Waals surface area contributed by atoms with E-state index in [0.29, 0.717) is 18.1 Å². The Kier molecular flexibility index (Phi) is 10.1. The van der Waals surface area contributed by atoms with Gasteiger partial charge in [0, 0.05) is 5.33 Å². The SMILES string of the molecule is CCC(C)COC(=O)c1ccc(-c2ccc(OCCCCCCBr)cc2)cc1. The van der Waals surface area contributed by atoms with Crippen molar-refractivity contribution in [2.75, 3.05) is 18.5 Å². The number of esters is 1. The lowest BCUT2D eigenvalue weighted by Crippen LogP contribution is -2.11. The number of alkyl halides is 1. The van der Waals surface area contributed by atoms with E-state index in [-0.39, 0.29) is 5.97 Å². The van der Waals surface area contributed by atoms with Crippen LogP contribution in [-0.4, -0.2) is 24.5 Å². The largest absolute Gasteiger partial charge is 0.494 e. The van der Waals surface area contributed by atoms with Crippen LogP contribution in [-0.2, 0) is 4.74 Å². The molecule has 1 atom stereocenters. The highest BCUT2D eigenvalue weighted by atomic mass is 79.9. The van der Waals surface area contributed by atoms with Crippen molar-refractivity contribution in [2.45, 2.75) is 46.0 Å². The minimum atomic E-state index is -0.258. The van der Waals surface area contributed by atoms with Gasteiger partial charge >= 0.3 is 5.97 Å². The first kappa shape index (κ1) is 22.5. The zero-order valence-corrected chi connectivity index (χ0v) is 18.5. The Morgan fingerprint density at radius 3 is 2.14 bits per heavy atom. The van der Waals surface area contributed by atoms with Crippen LogP contribution in [0.4, 0.5) is 0 Å². The van der Waals surface area contributed by atoms with Gasteiger partial charge in [-0.05, 0) is 54.2 Å². The minimum Gasteiger partial charge on any atom is -0.494 e. The lowest BCUT2D eigenvalue weighted by Gasteiger charge is -2.10. The summed E-state index contributed by atoms with van der Waals surface area (Å²) in [7, 11) is 0. The molecule has 0 spiro atoms. The fourth-order valence-electron chi connectivity index (χ4n) is 2.70. The topological polar surface area (TPSA) is 35.5 Å². The fraction of sp³-hybridized carbons (Fsp3) is 0.458. The number of benzene rings is 2. The molecule has 28 heavy (non-hydrogen) atoms. The van der Waals surface area contributed by atoms with E-state index in [4.69, 9.17) is 9.47 Å². The summed E-state index contributed by atoms with van der Waals surface area (Å²) in [5.74, 6) is 1.03. The first-order chi connectivity index (χ1) is 13.6. The summed E-state index contributed by atoms with van der Waals surface area (Å²) in [6.45, 7) is 5.40. The van der Waals surface area contributed by atoms with Crippen LogP contribution < -0.4 is 4.74 Å². The molecule has 2 rings (SSSR count). The van der Waals surface area contributed by atoms with Crippen LogP contribution >= 0.6 is 15.9 Å². The van der Waals surface area contributed by atoms with Crippen molar-refractivity contribution >= 4 is 21.9 Å². The number of carbonyl (C=O) groups is 1. The first-order valence-electron chi connectivity index (χ1n) is 10.2. The van der Waals surface area contributed by atoms with Crippen LogP contribution in [0.15, 0.2) is 48.5 Å². The van der Waals surface area contributed by atoms with E-state index in [1.165, 1.54) is 19.3 Å². The fourth-order valence-corrected chi connectivity index (χ4v) is 3.10. The third-order valence-electron chi connectivity index (χ3n) is 4.80. The monoisotopic (exact) mass is 446 g/mol. The third kappa shape index (κ3) is 7.67. The normalized spacial score (nSPS) is 11.8. The molecule has 0 aliphatic carbocycles. The molecule has 4 heteroatoms. The molecule has 0 saturated carbocycles. The highest BCUT2D eigenvalue weighted by Crippen LogP contribution is 2.23. The van der Waals surface area contributed by atoms with E-state index in [9.17, 15) is 4.79 Å². The Morgan fingerprint density at radius 2 is 1.54 bits per heavy atom. The van der Waals surface area contributed by atoms with Crippen LogP contribution in [0.1, 0.15) is 56.3 Å². The average Bonchev–Trinajstić information content (AvgIpc) is 2.74. The minimum absolute atomic E-state index is 0.258. The highest BCUT2D eigenvalue weighted by Gasteiger charge is 2.09. The standard InChI is InChI=1S/C24H31BrO3/c1-3-19(2)18-28-24(26)22-10-8-20(9-11-22)21-12-14-23(15-13-21)27-17-7-5-4-6-16-25/h8-15,19H,3-7,16-18H2,1-2H3. The summed E-state index contributed by atoms with van der Waals surface area (Å²) < 4.78 is 11.2. The molecule has 2 aromatic carbocycles. The number of hydrogen-bond acceptors (Lipinski definition) is 3. The smallest absolute Gasteiger partial charge is 0.338 e. The molecule has 3 nitrogen and oxygen atoms in total. The lowest BCUT2D eigenvalue weighted by molar-refractivity contribution is 0.0447. The summed E-state index contributed by atoms with van der Waals surface area (Å²) in [6.07, 6.45) is 5.76. The van der Waals surface area contributed by atoms with Gasteiger partial charge in [0.1, 0.15) is 5.75 Å². The summed E-state index contributed by atoms with van der Waals surface area (Å²) in [6, 6.07) is 15.7. The molecule has 0 radical (unpaired) electrons. The molecule has 0 aromatic heterocycles. The number of halogens is 1. The second-order valence-electron chi connectivity index (χ2n) is 7.17. The zero-order valence-electron chi connectivity index (χ0n) is 17.0. The van der Waals surface area contributed by atoms with Crippen molar-refractivity contribution in [3.8, 4) is 16.9 Å². The van der Waals surface area contributed by atoms with Gasteiger partial charge in [-0.25, -0.2) is 4.79 Å². The summed E-state index contributed by atoms with van der Waals surface area (Å²) in [5.41, 5.74) is 2.76. The lowest BCUT2D eigenvalue weighted by atomic mass is 10.0. The second kappa shape index (κ2) is 12.6. The van der Waals surface area contributed by atoms with Gasteiger partial charge in [0.25, 0.3) is 0 Å². The highest BCUT2D eigenvalue weighted by molar-refractivity contribution is 9.09. The molecule has 0 amide bonds. The third-order valence-corrected chi connectivity index (χ3v) is 5.36. The zero-order chi connectivity index (χ0) is 20.2. The van der Waals surface area contributed by atoms with Crippen LogP contribution in [0.5, 0.6) is 5.75 Å². The Balaban J connectivity index is 1.83. The molecule has 2 aromatic rings. The van der Waals surface area contributed by atoms with Gasteiger partial charge < -0.3 is 9.47 Å². The molecule has 0 aliphatic rings. The van der Waals surface area contributed by atoms with Gasteiger partial charge in [-0.2, -0.15) is 0 Å². The number of rotatable bonds is 12. The first-order valence-corrected chi connectivity index (χ1v) is 11.3. The van der Waals surface area contributed by atoms with Crippen molar-refractivity contribution in [1.82, 2.24) is 0 Å². The maximum atomic E-state index is 12.1. The predicted octanol–water partition coefficient (Wildman–Crippen LogP) is 6.89. The number of hydrogen-bond donors (Lipinski definition) is 0. The van der Waals surface area contributed by atoms with Crippen LogP contribution in [0.3, 0.4) is 0 Å². The van der Waals surface area contributed by atoms with Gasteiger partial charge in [0.05, 0.1) is 18.8 Å². The molecular formula is C24H31BrO3. The van der Waals surface area contributed by atoms with Crippen LogP contribution in [0, 0.1) is 5.92 Å². The Labute approximate surface area is 177 Å². The van der Waals surface area contributed by atoms with Gasteiger partial charge in [0.2, 0.25) is 0 Å². The van der Waals surface area contributed by atoms with E-state index in [1.54, 1.807) is 0 Å². The molecule has 0 fully saturated rings. The summed E-state index contributed by atoms with van der Waals surface area (Å²) in [5, 5.41) is 1.08. The molecule has 0 saturated heterocycles. The van der Waals surface area contributed by atoms with Crippen molar-refractivity contribution in [3.63, 3.8) is 0 Å². The van der Waals surface area contributed by atoms with Crippen molar-refractivity contribution in [3.05, 3.63) is 54.1 Å². The molecule has 0 heterocycles. The Morgan fingerprint density at radius 1 is 0.929 bits per heavy atom. The van der Waals surface area contributed by atoms with Crippen molar-refractivity contribution in [2.24, 2.45) is 5.92 Å². The van der Waals surface area contributed by atoms with Gasteiger partial charge in [-0.15, -0.1) is 0 Å². The molecule has 1 unspecified atom stereocenters. The van der Waals surface area contributed by atoms with E-state index in [1.807, 2.05) is 36.4 Å². The van der Waals surface area contributed by atoms with E-state index >= 15 is 0 Å². The van der Waals surface area contributed by atoms with Crippen molar-refractivity contribution < 1.29 is 14.3 Å². The molecule has 0 bridgehead atoms. The summed E-state index contributed by atoms with van der Waals surface area (Å²) in [4.78, 5) is 12.1. The quantitative estimate of drug-likeness (QED) is 0.202. The molecular weight excluding hydrogens is 416 g/mol. The number of carbonyl (C=O) groups excluding carboxylic acids is 1. The molecule has 0 N–H and O–H groups in total. The molecule has 0 aliphatic heterocycles. The van der Waals surface area contributed by atoms with E-state index in [2.05, 4.69) is 41.9 Å². The van der Waals surface area contributed by atoms with Crippen molar-refractivity contribution in [1.29, 1.82) is 0 Å². The number of unbranched alkanes of at least 4 members (excludes halogenated alkanes) is 3. The van der Waals surface area contributed by atoms with Gasteiger partial charge in [0.15, 0.2) is 0 Å². The van der Waals surface area contributed by atoms with Crippen LogP contribution in [0.2, 0.25) is 0 Å². The summed E-state index contributed by atoms with van der Waals surface area (Å²) >= 11 is 3.45. The number of ether oxygens (including phenoxy) is 2. The van der Waals surface area contributed by atoms with E-state index in [0.717, 1.165) is 41.7 Å². The average molecular weight is 447 g/mol. The predicted molar refractivity (Wildman–Crippen MR) is 119 cm³/mol. The second-order valence-corrected chi connectivity index (χ2v) is 7.96. The van der Waals surface area contributed by atoms with Crippen LogP contribution in [0.25, 0.3) is 11.1 Å². The van der Waals surface area contributed by atoms with Gasteiger partial charge in [-0.1, -0.05) is 73.3 Å². The Hall–Kier alpha value is -1.81. The Bertz CT molecular complexity index is 695.